The molecule has 110 valence electrons. The molecule has 0 radical (unpaired) electrons. The van der Waals surface area contributed by atoms with E-state index in [0.717, 1.165) is 22.2 Å². The summed E-state index contributed by atoms with van der Waals surface area (Å²) in [6.45, 7) is 2.86. The number of halogens is 1. The minimum absolute atomic E-state index is 0.0630. The summed E-state index contributed by atoms with van der Waals surface area (Å²) in [6, 6.07) is 4.60. The largest absolute Gasteiger partial charge is 0.334 e. The zero-order valence-corrected chi connectivity index (χ0v) is 13.0. The molecule has 1 aromatic rings. The number of nitrogens with zero attached hydrogens (tertiary/aromatic N) is 1. The number of hydrogen-bond acceptors (Lipinski definition) is 3. The predicted molar refractivity (Wildman–Crippen MR) is 82.3 cm³/mol. The summed E-state index contributed by atoms with van der Waals surface area (Å²) in [5, 5.41) is 6.05. The van der Waals surface area contributed by atoms with Crippen molar-refractivity contribution in [2.24, 2.45) is 0 Å². The fourth-order valence-electron chi connectivity index (χ4n) is 3.25. The van der Waals surface area contributed by atoms with Crippen molar-refractivity contribution in [1.29, 1.82) is 0 Å². The Balaban J connectivity index is 1.46. The van der Waals surface area contributed by atoms with Crippen LogP contribution in [0.4, 0.5) is 4.79 Å². The third-order valence-corrected chi connectivity index (χ3v) is 5.46. The zero-order chi connectivity index (χ0) is 13.9. The first-order chi connectivity index (χ1) is 9.72. The molecular weight excluding hydrogens is 294 g/mol. The van der Waals surface area contributed by atoms with Crippen LogP contribution in [-0.4, -0.2) is 36.1 Å². The maximum absolute atomic E-state index is 12.0. The van der Waals surface area contributed by atoms with E-state index in [9.17, 15) is 4.79 Å². The predicted octanol–water partition coefficient (Wildman–Crippen LogP) is 2.83. The number of nitrogens with one attached hydrogen (secondary N) is 2. The Morgan fingerprint density at radius 3 is 3.05 bits per heavy atom. The van der Waals surface area contributed by atoms with Gasteiger partial charge in [-0.1, -0.05) is 18.0 Å². The second-order valence-electron chi connectivity index (χ2n) is 5.53. The van der Waals surface area contributed by atoms with Crippen LogP contribution in [0.25, 0.3) is 0 Å². The van der Waals surface area contributed by atoms with E-state index >= 15 is 0 Å². The number of piperidine rings is 1. The van der Waals surface area contributed by atoms with Gasteiger partial charge in [0.05, 0.1) is 10.9 Å². The average molecular weight is 314 g/mol. The Bertz CT molecular complexity index is 479. The quantitative estimate of drug-likeness (QED) is 0.901. The topological polar surface area (TPSA) is 44.4 Å². The number of carbonyl (C=O) groups is 1. The molecule has 0 spiro atoms. The van der Waals surface area contributed by atoms with Crippen LogP contribution in [0.15, 0.2) is 12.1 Å². The number of urea groups is 1. The summed E-state index contributed by atoms with van der Waals surface area (Å²) in [5.41, 5.74) is 0. The summed E-state index contributed by atoms with van der Waals surface area (Å²) in [5.74, 6) is 0. The van der Waals surface area contributed by atoms with Gasteiger partial charge in [-0.05, 0) is 37.9 Å². The van der Waals surface area contributed by atoms with Gasteiger partial charge in [-0.3, -0.25) is 4.90 Å². The monoisotopic (exact) mass is 313 g/mol. The van der Waals surface area contributed by atoms with E-state index in [2.05, 4.69) is 15.5 Å². The smallest absolute Gasteiger partial charge is 0.315 e. The van der Waals surface area contributed by atoms with Crippen molar-refractivity contribution in [3.05, 3.63) is 21.3 Å². The molecule has 2 saturated heterocycles. The maximum atomic E-state index is 12.0. The zero-order valence-electron chi connectivity index (χ0n) is 11.4. The molecule has 3 rings (SSSR count). The lowest BCUT2D eigenvalue weighted by molar-refractivity contribution is 0.179. The van der Waals surface area contributed by atoms with Crippen LogP contribution >= 0.6 is 22.9 Å². The lowest BCUT2D eigenvalue weighted by Gasteiger charge is -2.32. The molecule has 2 aliphatic heterocycles. The molecular formula is C14H20ClN3OS. The summed E-state index contributed by atoms with van der Waals surface area (Å²) >= 11 is 7.38. The highest BCUT2D eigenvalue weighted by Gasteiger charge is 2.36. The SMILES string of the molecule is O=C(NCc1ccc(Cl)s1)N[C@@H]1CCN2CCCC[C@@H]12. The van der Waals surface area contributed by atoms with Crippen LogP contribution in [0, 0.1) is 0 Å². The molecule has 0 aliphatic carbocycles. The lowest BCUT2D eigenvalue weighted by atomic mass is 9.99. The Morgan fingerprint density at radius 2 is 2.25 bits per heavy atom. The summed E-state index contributed by atoms with van der Waals surface area (Å²) in [6.07, 6.45) is 4.87. The fourth-order valence-corrected chi connectivity index (χ4v) is 4.28. The van der Waals surface area contributed by atoms with E-state index in [0.29, 0.717) is 18.6 Å². The first kappa shape index (κ1) is 14.2. The molecule has 2 atom stereocenters. The van der Waals surface area contributed by atoms with E-state index in [1.807, 2.05) is 12.1 Å². The first-order valence-electron chi connectivity index (χ1n) is 7.25. The van der Waals surface area contributed by atoms with Crippen molar-refractivity contribution in [2.75, 3.05) is 13.1 Å². The third-order valence-electron chi connectivity index (χ3n) is 4.22. The van der Waals surface area contributed by atoms with Gasteiger partial charge in [-0.15, -0.1) is 11.3 Å². The van der Waals surface area contributed by atoms with E-state index in [4.69, 9.17) is 11.6 Å². The molecule has 4 nitrogen and oxygen atoms in total. The van der Waals surface area contributed by atoms with Crippen molar-refractivity contribution < 1.29 is 4.79 Å². The Labute approximate surface area is 128 Å². The summed E-state index contributed by atoms with van der Waals surface area (Å²) < 4.78 is 0.760. The molecule has 2 aliphatic rings. The molecule has 0 bridgehead atoms. The van der Waals surface area contributed by atoms with Crippen LogP contribution in [0.5, 0.6) is 0 Å². The molecule has 1 aromatic heterocycles. The van der Waals surface area contributed by atoms with Gasteiger partial charge in [0, 0.05) is 23.5 Å². The second kappa shape index (κ2) is 6.33. The second-order valence-corrected chi connectivity index (χ2v) is 7.33. The molecule has 3 heterocycles. The Kier molecular flexibility index (Phi) is 4.48. The first-order valence-corrected chi connectivity index (χ1v) is 8.44. The molecule has 2 N–H and O–H groups in total. The summed E-state index contributed by atoms with van der Waals surface area (Å²) in [7, 11) is 0. The Morgan fingerprint density at radius 1 is 1.35 bits per heavy atom. The lowest BCUT2D eigenvalue weighted by Crippen LogP contribution is -2.49. The number of amides is 2. The number of rotatable bonds is 3. The van der Waals surface area contributed by atoms with Crippen molar-refractivity contribution >= 4 is 29.0 Å². The van der Waals surface area contributed by atoms with E-state index < -0.39 is 0 Å². The molecule has 0 unspecified atom stereocenters. The standard InChI is InChI=1S/C14H20ClN3OS/c15-13-5-4-10(20-13)9-16-14(19)17-11-6-8-18-7-2-1-3-12(11)18/h4-5,11-12H,1-3,6-9H2,(H2,16,17,19)/t11-,12+/m1/s1. The molecule has 0 saturated carbocycles. The van der Waals surface area contributed by atoms with Crippen LogP contribution in [-0.2, 0) is 6.54 Å². The normalized spacial score (nSPS) is 26.2. The van der Waals surface area contributed by atoms with Crippen molar-refractivity contribution in [2.45, 2.75) is 44.3 Å². The molecule has 20 heavy (non-hydrogen) atoms. The highest BCUT2D eigenvalue weighted by Crippen LogP contribution is 2.27. The third kappa shape index (κ3) is 3.27. The highest BCUT2D eigenvalue weighted by molar-refractivity contribution is 7.16. The van der Waals surface area contributed by atoms with Crippen molar-refractivity contribution in [3.63, 3.8) is 0 Å². The van der Waals surface area contributed by atoms with Gasteiger partial charge in [0.25, 0.3) is 0 Å². The number of fused-ring (bicyclic) bond motifs is 1. The van der Waals surface area contributed by atoms with Gasteiger partial charge >= 0.3 is 6.03 Å². The van der Waals surface area contributed by atoms with Gasteiger partial charge in [0.2, 0.25) is 0 Å². The number of hydrogen-bond donors (Lipinski definition) is 2. The molecule has 2 fully saturated rings. The number of carbonyl (C=O) groups excluding carboxylic acids is 1. The van der Waals surface area contributed by atoms with Crippen LogP contribution < -0.4 is 10.6 Å². The van der Waals surface area contributed by atoms with Crippen molar-refractivity contribution in [1.82, 2.24) is 15.5 Å². The maximum Gasteiger partial charge on any atom is 0.315 e. The van der Waals surface area contributed by atoms with Crippen LogP contribution in [0.1, 0.15) is 30.6 Å². The molecule has 2 amide bonds. The van der Waals surface area contributed by atoms with Gasteiger partial charge in [-0.2, -0.15) is 0 Å². The minimum atomic E-state index is -0.0630. The number of thiophene rings is 1. The van der Waals surface area contributed by atoms with E-state index in [1.54, 1.807) is 0 Å². The van der Waals surface area contributed by atoms with E-state index in [-0.39, 0.29) is 6.03 Å². The Hall–Kier alpha value is -0.780. The van der Waals surface area contributed by atoms with Crippen molar-refractivity contribution in [3.8, 4) is 0 Å². The summed E-state index contributed by atoms with van der Waals surface area (Å²) in [4.78, 5) is 15.6. The van der Waals surface area contributed by atoms with Crippen LogP contribution in [0.3, 0.4) is 0 Å². The fraction of sp³-hybridized carbons (Fsp3) is 0.643. The average Bonchev–Trinajstić information content (AvgIpc) is 3.04. The van der Waals surface area contributed by atoms with Gasteiger partial charge in [0.1, 0.15) is 0 Å². The highest BCUT2D eigenvalue weighted by atomic mass is 35.5. The molecule has 0 aromatic carbocycles. The van der Waals surface area contributed by atoms with Gasteiger partial charge < -0.3 is 10.6 Å². The minimum Gasteiger partial charge on any atom is -0.334 e. The van der Waals surface area contributed by atoms with Crippen LogP contribution in [0.2, 0.25) is 4.34 Å². The van der Waals surface area contributed by atoms with E-state index in [1.165, 1.54) is 37.1 Å². The van der Waals surface area contributed by atoms with Gasteiger partial charge in [-0.25, -0.2) is 4.79 Å². The molecule has 6 heteroatoms. The van der Waals surface area contributed by atoms with Gasteiger partial charge in [0.15, 0.2) is 0 Å².